The number of halogens is 2. The summed E-state index contributed by atoms with van der Waals surface area (Å²) in [6.07, 6.45) is -1.69. The summed E-state index contributed by atoms with van der Waals surface area (Å²) in [5.74, 6) is -1.07. The highest BCUT2D eigenvalue weighted by Crippen LogP contribution is 2.31. The molecule has 2 unspecified atom stereocenters. The first kappa shape index (κ1) is 18.9. The maximum atomic E-state index is 13.6. The second-order valence-corrected chi connectivity index (χ2v) is 7.58. The van der Waals surface area contributed by atoms with Crippen molar-refractivity contribution < 1.29 is 23.2 Å². The molecule has 2 atom stereocenters. The van der Waals surface area contributed by atoms with Gasteiger partial charge in [0, 0.05) is 31.6 Å². The van der Waals surface area contributed by atoms with E-state index in [-0.39, 0.29) is 44.3 Å². The van der Waals surface area contributed by atoms with Crippen LogP contribution in [0.3, 0.4) is 0 Å². The maximum Gasteiger partial charge on any atom is 0.257 e. The van der Waals surface area contributed by atoms with Crippen LogP contribution in [0.25, 0.3) is 0 Å². The molecule has 0 spiro atoms. The van der Waals surface area contributed by atoms with E-state index in [1.165, 1.54) is 4.90 Å². The quantitative estimate of drug-likeness (QED) is 0.637. The Morgan fingerprint density at radius 3 is 2.79 bits per heavy atom. The first-order valence-corrected chi connectivity index (χ1v) is 9.40. The van der Waals surface area contributed by atoms with Crippen LogP contribution in [0.1, 0.15) is 40.7 Å². The molecule has 3 aliphatic heterocycles. The van der Waals surface area contributed by atoms with Crippen molar-refractivity contribution in [2.75, 3.05) is 13.1 Å². The predicted molar refractivity (Wildman–Crippen MR) is 95.5 cm³/mol. The zero-order chi connectivity index (χ0) is 19.9. The molecular formula is C19H22F2N4O3. The van der Waals surface area contributed by atoms with Crippen molar-refractivity contribution in [3.63, 3.8) is 0 Å². The number of hydrogen-bond acceptors (Lipinski definition) is 5. The summed E-state index contributed by atoms with van der Waals surface area (Å²) in [6.45, 7) is 1.18. The fourth-order valence-electron chi connectivity index (χ4n) is 4.21. The minimum atomic E-state index is -2.50. The molecule has 1 aromatic rings. The number of nitrogens with zero attached hydrogens (tertiary/aromatic N) is 1. The van der Waals surface area contributed by atoms with Crippen LogP contribution >= 0.6 is 0 Å². The number of piperidine rings is 1. The summed E-state index contributed by atoms with van der Waals surface area (Å²) in [7, 11) is 0. The lowest BCUT2D eigenvalue weighted by molar-refractivity contribution is -0.136. The molecule has 150 valence electrons. The summed E-state index contributed by atoms with van der Waals surface area (Å²) < 4.78 is 27.2. The van der Waals surface area contributed by atoms with E-state index in [0.29, 0.717) is 18.5 Å². The van der Waals surface area contributed by atoms with Gasteiger partial charge in [-0.3, -0.25) is 19.7 Å². The number of alkyl halides is 2. The molecule has 7 nitrogen and oxygen atoms in total. The number of rotatable bonds is 5. The highest BCUT2D eigenvalue weighted by atomic mass is 19.3. The number of nitrogens with one attached hydrogen (secondary N) is 3. The average molecular weight is 392 g/mol. The van der Waals surface area contributed by atoms with Gasteiger partial charge in [0.05, 0.1) is 5.54 Å². The monoisotopic (exact) mass is 392 g/mol. The summed E-state index contributed by atoms with van der Waals surface area (Å²) in [4.78, 5) is 37.8. The third-order valence-corrected chi connectivity index (χ3v) is 5.92. The topological polar surface area (TPSA) is 90.5 Å². The smallest absolute Gasteiger partial charge is 0.257 e. The summed E-state index contributed by atoms with van der Waals surface area (Å²) in [5.41, 5.74) is 0.738. The normalized spacial score (nSPS) is 27.5. The van der Waals surface area contributed by atoms with E-state index in [9.17, 15) is 23.2 Å². The Bertz CT molecular complexity index is 823. The number of fused-ring (bicyclic) bond motifs is 1. The minimum Gasteiger partial charge on any atom is -0.322 e. The van der Waals surface area contributed by atoms with Crippen LogP contribution < -0.4 is 16.0 Å². The molecule has 0 aliphatic carbocycles. The number of imide groups is 1. The van der Waals surface area contributed by atoms with Gasteiger partial charge in [-0.05, 0) is 36.6 Å². The molecule has 2 fully saturated rings. The Morgan fingerprint density at radius 2 is 2.11 bits per heavy atom. The van der Waals surface area contributed by atoms with Crippen LogP contribution in [0.5, 0.6) is 0 Å². The van der Waals surface area contributed by atoms with Crippen molar-refractivity contribution in [2.24, 2.45) is 0 Å². The van der Waals surface area contributed by atoms with Crippen molar-refractivity contribution in [1.82, 2.24) is 20.9 Å². The molecule has 4 rings (SSSR count). The Labute approximate surface area is 160 Å². The van der Waals surface area contributed by atoms with Crippen LogP contribution in [0.4, 0.5) is 8.78 Å². The van der Waals surface area contributed by atoms with Gasteiger partial charge in [-0.25, -0.2) is 8.78 Å². The highest BCUT2D eigenvalue weighted by Gasteiger charge is 2.43. The van der Waals surface area contributed by atoms with E-state index in [0.717, 1.165) is 11.1 Å². The van der Waals surface area contributed by atoms with Gasteiger partial charge in [-0.1, -0.05) is 12.1 Å². The van der Waals surface area contributed by atoms with Gasteiger partial charge < -0.3 is 15.5 Å². The third kappa shape index (κ3) is 3.18. The van der Waals surface area contributed by atoms with Crippen LogP contribution in [-0.4, -0.2) is 53.7 Å². The van der Waals surface area contributed by atoms with Gasteiger partial charge in [-0.2, -0.15) is 0 Å². The van der Waals surface area contributed by atoms with Crippen molar-refractivity contribution in [2.45, 2.75) is 50.4 Å². The van der Waals surface area contributed by atoms with Crippen molar-refractivity contribution in [3.05, 3.63) is 34.9 Å². The molecule has 28 heavy (non-hydrogen) atoms. The van der Waals surface area contributed by atoms with Crippen molar-refractivity contribution in [3.8, 4) is 0 Å². The van der Waals surface area contributed by atoms with Gasteiger partial charge in [-0.15, -0.1) is 0 Å². The lowest BCUT2D eigenvalue weighted by Crippen LogP contribution is -2.52. The summed E-state index contributed by atoms with van der Waals surface area (Å²) >= 11 is 0. The Kier molecular flexibility index (Phi) is 4.88. The second kappa shape index (κ2) is 7.21. The Hall–Kier alpha value is -2.39. The molecule has 3 aliphatic rings. The van der Waals surface area contributed by atoms with E-state index >= 15 is 0 Å². The number of amides is 3. The highest BCUT2D eigenvalue weighted by molar-refractivity contribution is 6.05. The largest absolute Gasteiger partial charge is 0.322 e. The zero-order valence-corrected chi connectivity index (χ0v) is 15.3. The van der Waals surface area contributed by atoms with E-state index < -0.39 is 23.9 Å². The SMILES string of the molecule is O=C1CCC(N2Cc3c(CNC4(C(F)F)CCNC4)cccc3C2=O)C(=O)N1. The number of carbonyl (C=O) groups is 3. The lowest BCUT2D eigenvalue weighted by atomic mass is 9.97. The fourth-order valence-corrected chi connectivity index (χ4v) is 4.21. The second-order valence-electron chi connectivity index (χ2n) is 7.58. The van der Waals surface area contributed by atoms with Crippen molar-refractivity contribution >= 4 is 17.7 Å². The fraction of sp³-hybridized carbons (Fsp3) is 0.526. The first-order chi connectivity index (χ1) is 13.4. The molecule has 9 heteroatoms. The maximum absolute atomic E-state index is 13.6. The Balaban J connectivity index is 1.53. The van der Waals surface area contributed by atoms with Crippen LogP contribution in [0.15, 0.2) is 18.2 Å². The molecule has 0 saturated carbocycles. The molecule has 3 heterocycles. The van der Waals surface area contributed by atoms with E-state index in [1.54, 1.807) is 12.1 Å². The van der Waals surface area contributed by atoms with Crippen LogP contribution in [0.2, 0.25) is 0 Å². The molecule has 2 saturated heterocycles. The molecule has 1 aromatic carbocycles. The summed E-state index contributed by atoms with van der Waals surface area (Å²) in [5, 5.41) is 8.24. The summed E-state index contributed by atoms with van der Waals surface area (Å²) in [6, 6.07) is 4.54. The molecule has 3 amide bonds. The van der Waals surface area contributed by atoms with Crippen LogP contribution in [-0.2, 0) is 22.7 Å². The van der Waals surface area contributed by atoms with E-state index in [2.05, 4.69) is 16.0 Å². The van der Waals surface area contributed by atoms with Gasteiger partial charge in [0.2, 0.25) is 11.8 Å². The Morgan fingerprint density at radius 1 is 1.29 bits per heavy atom. The van der Waals surface area contributed by atoms with Gasteiger partial charge in [0.15, 0.2) is 0 Å². The third-order valence-electron chi connectivity index (χ3n) is 5.92. The predicted octanol–water partition coefficient (Wildman–Crippen LogP) is 0.534. The standard InChI is InChI=1S/C19H22F2N4O3/c20-18(21)19(6-7-22-10-19)23-8-11-2-1-3-12-13(11)9-25(17(12)28)14-4-5-15(26)24-16(14)27/h1-3,14,18,22-23H,4-10H2,(H,24,26,27). The van der Waals surface area contributed by atoms with E-state index in [4.69, 9.17) is 0 Å². The van der Waals surface area contributed by atoms with E-state index in [1.807, 2.05) is 6.07 Å². The van der Waals surface area contributed by atoms with Crippen molar-refractivity contribution in [1.29, 1.82) is 0 Å². The number of carbonyl (C=O) groups excluding carboxylic acids is 3. The van der Waals surface area contributed by atoms with Crippen LogP contribution in [0, 0.1) is 0 Å². The van der Waals surface area contributed by atoms with Gasteiger partial charge >= 0.3 is 0 Å². The minimum absolute atomic E-state index is 0.189. The molecule has 3 N–H and O–H groups in total. The number of benzene rings is 1. The average Bonchev–Trinajstić information content (AvgIpc) is 3.27. The zero-order valence-electron chi connectivity index (χ0n) is 15.3. The molecule has 0 bridgehead atoms. The first-order valence-electron chi connectivity index (χ1n) is 9.40. The van der Waals surface area contributed by atoms with Gasteiger partial charge in [0.1, 0.15) is 6.04 Å². The number of hydrogen-bond donors (Lipinski definition) is 3. The molecule has 0 radical (unpaired) electrons. The molecular weight excluding hydrogens is 370 g/mol. The van der Waals surface area contributed by atoms with Gasteiger partial charge in [0.25, 0.3) is 12.3 Å². The lowest BCUT2D eigenvalue weighted by Gasteiger charge is -2.30. The molecule has 0 aromatic heterocycles.